The van der Waals surface area contributed by atoms with Gasteiger partial charge in [0.25, 0.3) is 0 Å². The Morgan fingerprint density at radius 2 is 2.28 bits per heavy atom. The van der Waals surface area contributed by atoms with Crippen molar-refractivity contribution < 1.29 is 13.7 Å². The molecular formula is C18H23FN4O2. The van der Waals surface area contributed by atoms with E-state index in [1.54, 1.807) is 26.0 Å². The lowest BCUT2D eigenvalue weighted by atomic mass is 9.95. The van der Waals surface area contributed by atoms with E-state index < -0.39 is 6.04 Å². The van der Waals surface area contributed by atoms with Crippen molar-refractivity contribution in [3.63, 3.8) is 0 Å². The van der Waals surface area contributed by atoms with Gasteiger partial charge in [0.05, 0.1) is 0 Å². The van der Waals surface area contributed by atoms with E-state index in [2.05, 4.69) is 15.5 Å². The van der Waals surface area contributed by atoms with Crippen LogP contribution in [0.1, 0.15) is 43.7 Å². The third kappa shape index (κ3) is 3.71. The van der Waals surface area contributed by atoms with E-state index in [1.165, 1.54) is 6.07 Å². The summed E-state index contributed by atoms with van der Waals surface area (Å²) < 4.78 is 18.9. The number of amides is 1. The van der Waals surface area contributed by atoms with Crippen molar-refractivity contribution in [1.29, 1.82) is 0 Å². The molecule has 7 heteroatoms. The van der Waals surface area contributed by atoms with Crippen LogP contribution in [0.4, 0.5) is 4.39 Å². The number of nitrogens with two attached hydrogens (primary N) is 1. The number of hydrogen-bond acceptors (Lipinski definition) is 5. The molecule has 1 aromatic heterocycles. The number of nitrogens with one attached hydrogen (secondary N) is 1. The third-order valence-electron chi connectivity index (χ3n) is 4.90. The van der Waals surface area contributed by atoms with Crippen molar-refractivity contribution in [2.45, 2.75) is 39.2 Å². The minimum absolute atomic E-state index is 0.0263. The molecule has 1 aromatic carbocycles. The van der Waals surface area contributed by atoms with Gasteiger partial charge in [0, 0.05) is 11.5 Å². The molecule has 3 N–H and O–H groups in total. The van der Waals surface area contributed by atoms with Crippen LogP contribution >= 0.6 is 0 Å². The summed E-state index contributed by atoms with van der Waals surface area (Å²) in [5.41, 5.74) is 6.84. The van der Waals surface area contributed by atoms with Crippen LogP contribution in [0.15, 0.2) is 22.7 Å². The maximum absolute atomic E-state index is 13.7. The summed E-state index contributed by atoms with van der Waals surface area (Å²) in [4.78, 5) is 16.7. The molecule has 0 saturated heterocycles. The van der Waals surface area contributed by atoms with Crippen LogP contribution in [0, 0.1) is 24.6 Å². The van der Waals surface area contributed by atoms with Gasteiger partial charge in [0.2, 0.25) is 17.6 Å². The molecule has 134 valence electrons. The smallest absolute Gasteiger partial charge is 0.249 e. The van der Waals surface area contributed by atoms with Crippen LogP contribution in [-0.2, 0) is 4.79 Å². The Balaban J connectivity index is 1.69. The van der Waals surface area contributed by atoms with Crippen LogP contribution in [0.3, 0.4) is 0 Å². The first-order chi connectivity index (χ1) is 12.0. The zero-order valence-corrected chi connectivity index (χ0v) is 14.5. The summed E-state index contributed by atoms with van der Waals surface area (Å²) in [5.74, 6) is 0.435. The van der Waals surface area contributed by atoms with Gasteiger partial charge in [-0.05, 0) is 50.8 Å². The molecule has 1 saturated carbocycles. The summed E-state index contributed by atoms with van der Waals surface area (Å²) in [7, 11) is 0. The lowest BCUT2D eigenvalue weighted by Gasteiger charge is -2.19. The Hall–Kier alpha value is -2.28. The van der Waals surface area contributed by atoms with Crippen molar-refractivity contribution in [3.05, 3.63) is 35.5 Å². The lowest BCUT2D eigenvalue weighted by molar-refractivity contribution is -0.126. The van der Waals surface area contributed by atoms with Gasteiger partial charge in [-0.2, -0.15) is 4.98 Å². The zero-order chi connectivity index (χ0) is 18.0. The van der Waals surface area contributed by atoms with E-state index in [0.717, 1.165) is 19.3 Å². The first-order valence-electron chi connectivity index (χ1n) is 8.60. The molecule has 1 aliphatic rings. The number of halogens is 1. The highest BCUT2D eigenvalue weighted by molar-refractivity contribution is 5.79. The Morgan fingerprint density at radius 1 is 1.48 bits per heavy atom. The first kappa shape index (κ1) is 17.5. The van der Waals surface area contributed by atoms with Crippen LogP contribution < -0.4 is 11.1 Å². The maximum Gasteiger partial charge on any atom is 0.249 e. The molecule has 0 aliphatic heterocycles. The molecule has 3 atom stereocenters. The van der Waals surface area contributed by atoms with E-state index >= 15 is 0 Å². The number of aryl methyl sites for hydroxylation is 1. The second-order valence-electron chi connectivity index (χ2n) is 6.68. The SMILES string of the molecule is Cc1ccc(-c2noc(C(C)NC(=O)[C@@H]3CCC[C@@H]3CN)n2)cc1F. The van der Waals surface area contributed by atoms with Gasteiger partial charge in [-0.25, -0.2) is 4.39 Å². The van der Waals surface area contributed by atoms with Gasteiger partial charge in [0.1, 0.15) is 11.9 Å². The van der Waals surface area contributed by atoms with Crippen molar-refractivity contribution in [3.8, 4) is 11.4 Å². The molecule has 1 amide bonds. The van der Waals surface area contributed by atoms with E-state index in [-0.39, 0.29) is 23.6 Å². The van der Waals surface area contributed by atoms with Gasteiger partial charge in [-0.3, -0.25) is 4.79 Å². The normalized spacial score (nSPS) is 21.3. The minimum atomic E-state index is -0.414. The fourth-order valence-electron chi connectivity index (χ4n) is 3.31. The monoisotopic (exact) mass is 346 g/mol. The van der Waals surface area contributed by atoms with Gasteiger partial charge in [-0.15, -0.1) is 0 Å². The lowest BCUT2D eigenvalue weighted by Crippen LogP contribution is -2.36. The largest absolute Gasteiger partial charge is 0.344 e. The Morgan fingerprint density at radius 3 is 3.00 bits per heavy atom. The summed E-state index contributed by atoms with van der Waals surface area (Å²) in [6.07, 6.45) is 2.88. The molecule has 0 radical (unpaired) electrons. The molecule has 1 unspecified atom stereocenters. The van der Waals surface area contributed by atoms with Crippen molar-refractivity contribution >= 4 is 5.91 Å². The van der Waals surface area contributed by atoms with Gasteiger partial charge >= 0.3 is 0 Å². The highest BCUT2D eigenvalue weighted by Gasteiger charge is 2.33. The summed E-state index contributed by atoms with van der Waals surface area (Å²) in [6, 6.07) is 4.36. The second kappa shape index (κ2) is 7.31. The number of carbonyl (C=O) groups is 1. The second-order valence-corrected chi connectivity index (χ2v) is 6.68. The topological polar surface area (TPSA) is 94.0 Å². The molecule has 1 aliphatic carbocycles. The number of benzene rings is 1. The van der Waals surface area contributed by atoms with Crippen LogP contribution in [0.2, 0.25) is 0 Å². The average molecular weight is 346 g/mol. The predicted octanol–water partition coefficient (Wildman–Crippen LogP) is 2.74. The van der Waals surface area contributed by atoms with Crippen LogP contribution in [0.5, 0.6) is 0 Å². The molecular weight excluding hydrogens is 323 g/mol. The third-order valence-corrected chi connectivity index (χ3v) is 4.90. The summed E-state index contributed by atoms with van der Waals surface area (Å²) >= 11 is 0. The average Bonchev–Trinajstić information content (AvgIpc) is 3.26. The molecule has 25 heavy (non-hydrogen) atoms. The molecule has 0 bridgehead atoms. The number of carbonyl (C=O) groups excluding carboxylic acids is 1. The van der Waals surface area contributed by atoms with E-state index in [1.807, 2.05) is 0 Å². The standard InChI is InChI=1S/C18H23FN4O2/c1-10-6-7-12(8-15(10)19)16-22-18(25-23-16)11(2)21-17(24)14-5-3-4-13(14)9-20/h6-8,11,13-14H,3-5,9,20H2,1-2H3,(H,21,24)/t11?,13-,14-/m1/s1. The first-order valence-corrected chi connectivity index (χ1v) is 8.60. The Kier molecular flexibility index (Phi) is 5.13. The van der Waals surface area contributed by atoms with Crippen molar-refractivity contribution in [2.75, 3.05) is 6.54 Å². The van der Waals surface area contributed by atoms with Crippen molar-refractivity contribution in [1.82, 2.24) is 15.5 Å². The summed E-state index contributed by atoms with van der Waals surface area (Å²) in [6.45, 7) is 4.00. The van der Waals surface area contributed by atoms with E-state index in [9.17, 15) is 9.18 Å². The number of hydrogen-bond donors (Lipinski definition) is 2. The van der Waals surface area contributed by atoms with Crippen molar-refractivity contribution in [2.24, 2.45) is 17.6 Å². The number of aromatic nitrogens is 2. The van der Waals surface area contributed by atoms with Gasteiger partial charge in [0.15, 0.2) is 0 Å². The zero-order valence-electron chi connectivity index (χ0n) is 14.5. The fraction of sp³-hybridized carbons (Fsp3) is 0.500. The molecule has 1 heterocycles. The quantitative estimate of drug-likeness (QED) is 0.868. The number of nitrogens with zero attached hydrogens (tertiary/aromatic N) is 2. The Labute approximate surface area is 146 Å². The van der Waals surface area contributed by atoms with E-state index in [0.29, 0.717) is 29.4 Å². The van der Waals surface area contributed by atoms with Crippen LogP contribution in [-0.4, -0.2) is 22.6 Å². The highest BCUT2D eigenvalue weighted by atomic mass is 19.1. The minimum Gasteiger partial charge on any atom is -0.344 e. The predicted molar refractivity (Wildman–Crippen MR) is 90.9 cm³/mol. The Bertz CT molecular complexity index is 761. The van der Waals surface area contributed by atoms with Gasteiger partial charge in [-0.1, -0.05) is 23.7 Å². The molecule has 0 spiro atoms. The molecule has 2 aromatic rings. The number of rotatable bonds is 5. The highest BCUT2D eigenvalue weighted by Crippen LogP contribution is 2.31. The molecule has 6 nitrogen and oxygen atoms in total. The molecule has 1 fully saturated rings. The summed E-state index contributed by atoms with van der Waals surface area (Å²) in [5, 5.41) is 6.81. The fourth-order valence-corrected chi connectivity index (χ4v) is 3.31. The molecule has 3 rings (SSSR count). The van der Waals surface area contributed by atoms with Crippen LogP contribution in [0.25, 0.3) is 11.4 Å². The van der Waals surface area contributed by atoms with Gasteiger partial charge < -0.3 is 15.6 Å². The maximum atomic E-state index is 13.7. The van der Waals surface area contributed by atoms with E-state index in [4.69, 9.17) is 10.3 Å².